The zero-order chi connectivity index (χ0) is 19.7. The minimum atomic E-state index is -0.449. The van der Waals surface area contributed by atoms with Gasteiger partial charge >= 0.3 is 0 Å². The minimum absolute atomic E-state index is 0.0719. The van der Waals surface area contributed by atoms with Gasteiger partial charge in [-0.1, -0.05) is 42.5 Å². The number of hydrogen-bond donors (Lipinski definition) is 2. The lowest BCUT2D eigenvalue weighted by Crippen LogP contribution is -2.26. The van der Waals surface area contributed by atoms with Crippen molar-refractivity contribution in [2.24, 2.45) is 0 Å². The Kier molecular flexibility index (Phi) is 4.69. The third-order valence-corrected chi connectivity index (χ3v) is 5.03. The second-order valence-electron chi connectivity index (χ2n) is 7.17. The molecule has 3 aromatic carbocycles. The predicted molar refractivity (Wildman–Crippen MR) is 110 cm³/mol. The van der Waals surface area contributed by atoms with E-state index in [-0.39, 0.29) is 23.2 Å². The summed E-state index contributed by atoms with van der Waals surface area (Å²) in [5.74, 6) is -0.332. The minimum Gasteiger partial charge on any atom is -0.377 e. The number of rotatable bonds is 6. The van der Waals surface area contributed by atoms with Crippen LogP contribution in [0.3, 0.4) is 0 Å². The van der Waals surface area contributed by atoms with Crippen LogP contribution in [-0.2, 0) is 0 Å². The molecule has 0 aromatic heterocycles. The third-order valence-electron chi connectivity index (χ3n) is 5.03. The quantitative estimate of drug-likeness (QED) is 0.478. The highest BCUT2D eigenvalue weighted by atomic mass is 16.6. The van der Waals surface area contributed by atoms with Crippen LogP contribution in [0.2, 0.25) is 0 Å². The maximum absolute atomic E-state index is 12.7. The van der Waals surface area contributed by atoms with Crippen molar-refractivity contribution < 1.29 is 9.72 Å². The fourth-order valence-corrected chi connectivity index (χ4v) is 3.38. The summed E-state index contributed by atoms with van der Waals surface area (Å²) >= 11 is 0. The van der Waals surface area contributed by atoms with E-state index in [0.29, 0.717) is 11.7 Å². The Hall–Kier alpha value is -3.41. The van der Waals surface area contributed by atoms with Crippen LogP contribution in [0.1, 0.15) is 41.7 Å². The van der Waals surface area contributed by atoms with Gasteiger partial charge in [-0.25, -0.2) is 0 Å². The third kappa shape index (κ3) is 3.67. The molecule has 2 N–H and O–H groups in total. The smallest absolute Gasteiger partial charge is 0.293 e. The summed E-state index contributed by atoms with van der Waals surface area (Å²) in [6.45, 7) is 1.91. The van der Waals surface area contributed by atoms with Crippen molar-refractivity contribution >= 4 is 28.1 Å². The van der Waals surface area contributed by atoms with Crippen LogP contribution >= 0.6 is 0 Å². The SMILES string of the molecule is CC(NC(=O)c1ccc(NC2CC2)c([N+](=O)[O-])c1)c1cccc2ccccc12. The van der Waals surface area contributed by atoms with Gasteiger partial charge < -0.3 is 10.6 Å². The molecular weight excluding hydrogens is 354 g/mol. The number of nitro benzene ring substituents is 1. The summed E-state index contributed by atoms with van der Waals surface area (Å²) in [4.78, 5) is 23.7. The number of carbonyl (C=O) groups is 1. The molecule has 1 saturated carbocycles. The van der Waals surface area contributed by atoms with Gasteiger partial charge in [0.25, 0.3) is 11.6 Å². The lowest BCUT2D eigenvalue weighted by atomic mass is 9.99. The first kappa shape index (κ1) is 18.0. The van der Waals surface area contributed by atoms with E-state index in [9.17, 15) is 14.9 Å². The highest BCUT2D eigenvalue weighted by molar-refractivity contribution is 5.96. The van der Waals surface area contributed by atoms with Crippen molar-refractivity contribution in [3.8, 4) is 0 Å². The van der Waals surface area contributed by atoms with Crippen LogP contribution in [0.15, 0.2) is 60.7 Å². The number of nitrogens with one attached hydrogen (secondary N) is 2. The number of hydrogen-bond acceptors (Lipinski definition) is 4. The first-order valence-corrected chi connectivity index (χ1v) is 9.36. The molecule has 3 aromatic rings. The standard InChI is InChI=1S/C22H21N3O3/c1-14(18-8-4-6-15-5-2-3-7-19(15)18)23-22(26)16-9-12-20(24-17-10-11-17)21(13-16)25(27)28/h2-9,12-14,17,24H,10-11H2,1H3,(H,23,26). The summed E-state index contributed by atoms with van der Waals surface area (Å²) < 4.78 is 0. The molecule has 1 fully saturated rings. The number of fused-ring (bicyclic) bond motifs is 1. The monoisotopic (exact) mass is 375 g/mol. The zero-order valence-corrected chi connectivity index (χ0v) is 15.5. The van der Waals surface area contributed by atoms with Crippen molar-refractivity contribution in [1.29, 1.82) is 0 Å². The van der Waals surface area contributed by atoms with E-state index in [0.717, 1.165) is 29.2 Å². The average Bonchev–Trinajstić information content (AvgIpc) is 3.51. The Bertz CT molecular complexity index is 1050. The number of benzene rings is 3. The second kappa shape index (κ2) is 7.31. The number of nitrogens with zero attached hydrogens (tertiary/aromatic N) is 1. The molecule has 0 spiro atoms. The van der Waals surface area contributed by atoms with Crippen molar-refractivity contribution in [3.63, 3.8) is 0 Å². The van der Waals surface area contributed by atoms with Gasteiger partial charge in [0.15, 0.2) is 0 Å². The van der Waals surface area contributed by atoms with Crippen LogP contribution in [-0.4, -0.2) is 16.9 Å². The first-order chi connectivity index (χ1) is 13.5. The predicted octanol–water partition coefficient (Wildman–Crippen LogP) is 4.81. The summed E-state index contributed by atoms with van der Waals surface area (Å²) in [5, 5.41) is 19.7. The van der Waals surface area contributed by atoms with Crippen LogP contribution < -0.4 is 10.6 Å². The van der Waals surface area contributed by atoms with Crippen LogP contribution in [0.4, 0.5) is 11.4 Å². The van der Waals surface area contributed by atoms with E-state index < -0.39 is 4.92 Å². The van der Waals surface area contributed by atoms with E-state index in [1.165, 1.54) is 6.07 Å². The number of nitro groups is 1. The molecule has 1 atom stereocenters. The Balaban J connectivity index is 1.57. The highest BCUT2D eigenvalue weighted by Gasteiger charge is 2.26. The summed E-state index contributed by atoms with van der Waals surface area (Å²) in [5.41, 5.74) is 1.68. The molecule has 4 rings (SSSR count). The summed E-state index contributed by atoms with van der Waals surface area (Å²) in [6.07, 6.45) is 2.03. The van der Waals surface area contributed by atoms with E-state index in [1.807, 2.05) is 49.4 Å². The Morgan fingerprint density at radius 3 is 2.61 bits per heavy atom. The molecule has 1 aliphatic carbocycles. The topological polar surface area (TPSA) is 84.3 Å². The normalized spacial score (nSPS) is 14.5. The Morgan fingerprint density at radius 2 is 1.86 bits per heavy atom. The van der Waals surface area contributed by atoms with Gasteiger partial charge in [-0.2, -0.15) is 0 Å². The largest absolute Gasteiger partial charge is 0.377 e. The molecule has 142 valence electrons. The molecule has 0 aliphatic heterocycles. The van der Waals surface area contributed by atoms with Gasteiger partial charge in [0.05, 0.1) is 11.0 Å². The zero-order valence-electron chi connectivity index (χ0n) is 15.5. The molecule has 6 heteroatoms. The lowest BCUT2D eigenvalue weighted by molar-refractivity contribution is -0.384. The summed E-state index contributed by atoms with van der Waals surface area (Å²) in [6, 6.07) is 18.6. The van der Waals surface area contributed by atoms with Gasteiger partial charge in [0, 0.05) is 17.7 Å². The van der Waals surface area contributed by atoms with Crippen molar-refractivity contribution in [3.05, 3.63) is 81.9 Å². The molecule has 0 saturated heterocycles. The molecule has 1 unspecified atom stereocenters. The molecule has 1 aliphatic rings. The molecule has 1 amide bonds. The van der Waals surface area contributed by atoms with Gasteiger partial charge in [0.1, 0.15) is 5.69 Å². The van der Waals surface area contributed by atoms with Crippen molar-refractivity contribution in [2.75, 3.05) is 5.32 Å². The summed E-state index contributed by atoms with van der Waals surface area (Å²) in [7, 11) is 0. The average molecular weight is 375 g/mol. The van der Waals surface area contributed by atoms with Gasteiger partial charge in [-0.05, 0) is 48.2 Å². The maximum atomic E-state index is 12.7. The maximum Gasteiger partial charge on any atom is 0.293 e. The number of carbonyl (C=O) groups excluding carboxylic acids is 1. The molecular formula is C22H21N3O3. The van der Waals surface area contributed by atoms with Crippen molar-refractivity contribution in [1.82, 2.24) is 5.32 Å². The van der Waals surface area contributed by atoms with Crippen LogP contribution in [0.25, 0.3) is 10.8 Å². The molecule has 0 heterocycles. The van der Waals surface area contributed by atoms with Crippen molar-refractivity contribution in [2.45, 2.75) is 31.8 Å². The second-order valence-corrected chi connectivity index (χ2v) is 7.17. The Labute approximate surface area is 162 Å². The highest BCUT2D eigenvalue weighted by Crippen LogP contribution is 2.32. The van der Waals surface area contributed by atoms with Gasteiger partial charge in [0.2, 0.25) is 0 Å². The molecule has 28 heavy (non-hydrogen) atoms. The number of amides is 1. The van der Waals surface area contributed by atoms with Crippen LogP contribution in [0.5, 0.6) is 0 Å². The molecule has 0 radical (unpaired) electrons. The Morgan fingerprint density at radius 1 is 1.11 bits per heavy atom. The van der Waals surface area contributed by atoms with E-state index >= 15 is 0 Å². The van der Waals surface area contributed by atoms with E-state index in [2.05, 4.69) is 10.6 Å². The number of anilines is 1. The fraction of sp³-hybridized carbons (Fsp3) is 0.227. The van der Waals surface area contributed by atoms with Gasteiger partial charge in [-0.15, -0.1) is 0 Å². The fourth-order valence-electron chi connectivity index (χ4n) is 3.38. The van der Waals surface area contributed by atoms with E-state index in [1.54, 1.807) is 12.1 Å². The molecule has 6 nitrogen and oxygen atoms in total. The molecule has 0 bridgehead atoms. The first-order valence-electron chi connectivity index (χ1n) is 9.36. The lowest BCUT2D eigenvalue weighted by Gasteiger charge is -2.17. The van der Waals surface area contributed by atoms with Crippen LogP contribution in [0, 0.1) is 10.1 Å². The van der Waals surface area contributed by atoms with Gasteiger partial charge in [-0.3, -0.25) is 14.9 Å². The van der Waals surface area contributed by atoms with E-state index in [4.69, 9.17) is 0 Å².